The molecular weight excluding hydrogens is 276 g/mol. The molecule has 1 atom stereocenters. The molecule has 1 heterocycles. The Balaban J connectivity index is 1.87. The molecule has 114 valence electrons. The lowest BCUT2D eigenvalue weighted by Gasteiger charge is -2.14. The van der Waals surface area contributed by atoms with Crippen molar-refractivity contribution in [2.24, 2.45) is 5.73 Å². The van der Waals surface area contributed by atoms with Gasteiger partial charge in [-0.05, 0) is 25.3 Å². The van der Waals surface area contributed by atoms with Gasteiger partial charge in [0.25, 0.3) is 0 Å². The number of rotatable bonds is 5. The Morgan fingerprint density at radius 1 is 1.29 bits per heavy atom. The zero-order chi connectivity index (χ0) is 15.5. The molecule has 1 aromatic carbocycles. The van der Waals surface area contributed by atoms with Gasteiger partial charge in [0.05, 0.1) is 10.7 Å². The highest BCUT2D eigenvalue weighted by atomic mass is 32.1. The van der Waals surface area contributed by atoms with Gasteiger partial charge in [-0.25, -0.2) is 4.98 Å². The van der Waals surface area contributed by atoms with E-state index < -0.39 is 0 Å². The molecule has 2 nitrogen and oxygen atoms in total. The zero-order valence-electron chi connectivity index (χ0n) is 13.5. The Kier molecular flexibility index (Phi) is 5.17. The number of hydrogen-bond donors (Lipinski definition) is 1. The molecule has 0 aliphatic heterocycles. The fraction of sp³-hybridized carbons (Fsp3) is 0.500. The summed E-state index contributed by atoms with van der Waals surface area (Å²) in [5.74, 6) is 0. The van der Waals surface area contributed by atoms with Gasteiger partial charge in [0.15, 0.2) is 0 Å². The molecule has 2 N–H and O–H groups in total. The number of nitrogens with zero attached hydrogens (tertiary/aromatic N) is 1. The number of nitrogens with two attached hydrogens (primary N) is 1. The third-order valence-electron chi connectivity index (χ3n) is 3.64. The second kappa shape index (κ2) is 6.71. The summed E-state index contributed by atoms with van der Waals surface area (Å²) in [7, 11) is 0. The molecule has 2 aromatic rings. The summed E-state index contributed by atoms with van der Waals surface area (Å²) in [5, 5.41) is 3.33. The molecule has 2 rings (SSSR count). The van der Waals surface area contributed by atoms with Gasteiger partial charge in [-0.2, -0.15) is 0 Å². The lowest BCUT2D eigenvalue weighted by atomic mass is 9.93. The number of benzene rings is 1. The minimum Gasteiger partial charge on any atom is -0.327 e. The summed E-state index contributed by atoms with van der Waals surface area (Å²) in [6.45, 7) is 8.73. The highest BCUT2D eigenvalue weighted by Crippen LogP contribution is 2.24. The molecule has 0 aliphatic carbocycles. The van der Waals surface area contributed by atoms with Gasteiger partial charge in [0.2, 0.25) is 0 Å². The number of aromatic nitrogens is 1. The Hall–Kier alpha value is -1.19. The van der Waals surface area contributed by atoms with Crippen molar-refractivity contribution in [3.63, 3.8) is 0 Å². The van der Waals surface area contributed by atoms with E-state index >= 15 is 0 Å². The molecule has 0 bridgehead atoms. The SMILES string of the molecule is Cc1cccc(CCC(N)Cc2nc(C(C)(C)C)cs2)c1. The van der Waals surface area contributed by atoms with Crippen LogP contribution in [0.4, 0.5) is 0 Å². The molecular formula is C18H26N2S. The van der Waals surface area contributed by atoms with Crippen molar-refractivity contribution in [2.75, 3.05) is 0 Å². The van der Waals surface area contributed by atoms with Crippen molar-refractivity contribution in [3.8, 4) is 0 Å². The average molecular weight is 302 g/mol. The highest BCUT2D eigenvalue weighted by Gasteiger charge is 2.18. The van der Waals surface area contributed by atoms with E-state index in [1.807, 2.05) is 0 Å². The van der Waals surface area contributed by atoms with Gasteiger partial charge in [-0.15, -0.1) is 11.3 Å². The van der Waals surface area contributed by atoms with E-state index in [-0.39, 0.29) is 11.5 Å². The largest absolute Gasteiger partial charge is 0.327 e. The van der Waals surface area contributed by atoms with Crippen LogP contribution in [-0.2, 0) is 18.3 Å². The summed E-state index contributed by atoms with van der Waals surface area (Å²) in [6.07, 6.45) is 2.93. The van der Waals surface area contributed by atoms with E-state index in [9.17, 15) is 0 Å². The summed E-state index contributed by atoms with van der Waals surface area (Å²) >= 11 is 1.74. The predicted octanol–water partition coefficient (Wildman–Crippen LogP) is 4.25. The van der Waals surface area contributed by atoms with Crippen LogP contribution in [0.5, 0.6) is 0 Å². The second-order valence-corrected chi connectivity index (χ2v) is 7.81. The standard InChI is InChI=1S/C18H26N2S/c1-13-6-5-7-14(10-13)8-9-15(19)11-17-20-16(12-21-17)18(2,3)4/h5-7,10,12,15H,8-9,11,19H2,1-4H3. The van der Waals surface area contributed by atoms with E-state index in [1.54, 1.807) is 11.3 Å². The quantitative estimate of drug-likeness (QED) is 0.896. The highest BCUT2D eigenvalue weighted by molar-refractivity contribution is 7.09. The fourth-order valence-corrected chi connectivity index (χ4v) is 3.41. The van der Waals surface area contributed by atoms with Crippen molar-refractivity contribution in [2.45, 2.75) is 58.4 Å². The normalized spacial score (nSPS) is 13.4. The van der Waals surface area contributed by atoms with E-state index in [2.05, 4.69) is 57.3 Å². The summed E-state index contributed by atoms with van der Waals surface area (Å²) in [6, 6.07) is 8.86. The predicted molar refractivity (Wildman–Crippen MR) is 92.0 cm³/mol. The Morgan fingerprint density at radius 2 is 2.05 bits per heavy atom. The van der Waals surface area contributed by atoms with Crippen LogP contribution in [0.15, 0.2) is 29.6 Å². The molecule has 21 heavy (non-hydrogen) atoms. The van der Waals surface area contributed by atoms with Crippen LogP contribution < -0.4 is 5.73 Å². The fourth-order valence-electron chi connectivity index (χ4n) is 2.30. The topological polar surface area (TPSA) is 38.9 Å². The maximum absolute atomic E-state index is 6.28. The molecule has 0 radical (unpaired) electrons. The lowest BCUT2D eigenvalue weighted by Crippen LogP contribution is -2.23. The Bertz CT molecular complexity index is 581. The maximum Gasteiger partial charge on any atom is 0.0943 e. The molecule has 0 spiro atoms. The third kappa shape index (κ3) is 4.94. The van der Waals surface area contributed by atoms with Gasteiger partial charge in [0, 0.05) is 23.3 Å². The van der Waals surface area contributed by atoms with E-state index in [4.69, 9.17) is 10.7 Å². The van der Waals surface area contributed by atoms with Crippen molar-refractivity contribution in [1.82, 2.24) is 4.98 Å². The van der Waals surface area contributed by atoms with Gasteiger partial charge >= 0.3 is 0 Å². The van der Waals surface area contributed by atoms with Gasteiger partial charge < -0.3 is 5.73 Å². The van der Waals surface area contributed by atoms with Gasteiger partial charge in [0.1, 0.15) is 0 Å². The first-order chi connectivity index (χ1) is 9.84. The van der Waals surface area contributed by atoms with Crippen molar-refractivity contribution < 1.29 is 0 Å². The molecule has 0 saturated heterocycles. The van der Waals surface area contributed by atoms with Crippen LogP contribution in [0.1, 0.15) is 49.0 Å². The van der Waals surface area contributed by atoms with E-state index in [0.29, 0.717) is 0 Å². The zero-order valence-corrected chi connectivity index (χ0v) is 14.3. The van der Waals surface area contributed by atoms with Crippen LogP contribution >= 0.6 is 11.3 Å². The van der Waals surface area contributed by atoms with E-state index in [1.165, 1.54) is 16.8 Å². The van der Waals surface area contributed by atoms with Crippen molar-refractivity contribution in [1.29, 1.82) is 0 Å². The minimum atomic E-state index is 0.125. The Labute approximate surface area is 132 Å². The van der Waals surface area contributed by atoms with Crippen molar-refractivity contribution >= 4 is 11.3 Å². The number of hydrogen-bond acceptors (Lipinski definition) is 3. The van der Waals surface area contributed by atoms with E-state index in [0.717, 1.165) is 24.3 Å². The molecule has 3 heteroatoms. The van der Waals surface area contributed by atoms with Crippen LogP contribution in [0.25, 0.3) is 0 Å². The average Bonchev–Trinajstić information content (AvgIpc) is 2.85. The van der Waals surface area contributed by atoms with Crippen LogP contribution in [0.3, 0.4) is 0 Å². The summed E-state index contributed by atoms with van der Waals surface area (Å²) in [5.41, 5.74) is 10.3. The molecule has 0 aliphatic rings. The smallest absolute Gasteiger partial charge is 0.0943 e. The second-order valence-electron chi connectivity index (χ2n) is 6.87. The summed E-state index contributed by atoms with van der Waals surface area (Å²) < 4.78 is 0. The molecule has 1 aromatic heterocycles. The first-order valence-corrected chi connectivity index (χ1v) is 8.48. The Morgan fingerprint density at radius 3 is 2.67 bits per heavy atom. The molecule has 0 fully saturated rings. The molecule has 0 saturated carbocycles. The van der Waals surface area contributed by atoms with Crippen molar-refractivity contribution in [3.05, 3.63) is 51.5 Å². The van der Waals surface area contributed by atoms with Crippen LogP contribution in [-0.4, -0.2) is 11.0 Å². The summed E-state index contributed by atoms with van der Waals surface area (Å²) in [4.78, 5) is 4.73. The third-order valence-corrected chi connectivity index (χ3v) is 4.51. The first-order valence-electron chi connectivity index (χ1n) is 7.60. The monoisotopic (exact) mass is 302 g/mol. The minimum absolute atomic E-state index is 0.125. The number of thiazole rings is 1. The van der Waals surface area contributed by atoms with Gasteiger partial charge in [-0.1, -0.05) is 50.6 Å². The van der Waals surface area contributed by atoms with Crippen LogP contribution in [0.2, 0.25) is 0 Å². The maximum atomic E-state index is 6.28. The van der Waals surface area contributed by atoms with Gasteiger partial charge in [-0.3, -0.25) is 0 Å². The first kappa shape index (κ1) is 16.2. The van der Waals surface area contributed by atoms with Crippen LogP contribution in [0, 0.1) is 6.92 Å². The molecule has 1 unspecified atom stereocenters. The number of aryl methyl sites for hydroxylation is 2. The molecule has 0 amide bonds. The lowest BCUT2D eigenvalue weighted by molar-refractivity contribution is 0.564.